The normalized spacial score (nSPS) is 17.8. The minimum atomic E-state index is -0.373. The molecule has 28 heavy (non-hydrogen) atoms. The van der Waals surface area contributed by atoms with Gasteiger partial charge in [0, 0.05) is 10.9 Å². The van der Waals surface area contributed by atoms with Gasteiger partial charge >= 0.3 is 5.97 Å². The molecule has 4 rings (SSSR count). The number of aromatic nitrogens is 1. The molecule has 2 atom stereocenters. The third kappa shape index (κ3) is 4.28. The van der Waals surface area contributed by atoms with E-state index in [1.807, 2.05) is 42.6 Å². The molecular formula is C22H20N2O3S. The Morgan fingerprint density at radius 2 is 1.71 bits per heavy atom. The summed E-state index contributed by atoms with van der Waals surface area (Å²) in [6, 6.07) is 18.3. The SMILES string of the molecule is CC1CC1C(=O)OCC(=O)Nc1nc(-c2ccc(-c3ccccc3)cc2)cs1. The van der Waals surface area contributed by atoms with Gasteiger partial charge in [0.05, 0.1) is 11.6 Å². The number of hydrogen-bond donors (Lipinski definition) is 1. The lowest BCUT2D eigenvalue weighted by atomic mass is 10.0. The van der Waals surface area contributed by atoms with Crippen LogP contribution in [0.25, 0.3) is 22.4 Å². The fourth-order valence-electron chi connectivity index (χ4n) is 2.98. The van der Waals surface area contributed by atoms with Gasteiger partial charge in [0.25, 0.3) is 5.91 Å². The van der Waals surface area contributed by atoms with Gasteiger partial charge in [-0.05, 0) is 23.5 Å². The first-order chi connectivity index (χ1) is 13.6. The molecule has 1 aromatic heterocycles. The summed E-state index contributed by atoms with van der Waals surface area (Å²) in [5.74, 6) is -0.341. The number of hydrogen-bond acceptors (Lipinski definition) is 5. The number of esters is 1. The molecule has 1 N–H and O–H groups in total. The Hall–Kier alpha value is -2.99. The number of nitrogens with zero attached hydrogens (tertiary/aromatic N) is 1. The zero-order chi connectivity index (χ0) is 19.5. The molecule has 2 aromatic carbocycles. The Morgan fingerprint density at radius 3 is 2.39 bits per heavy atom. The van der Waals surface area contributed by atoms with Crippen LogP contribution in [0.5, 0.6) is 0 Å². The van der Waals surface area contributed by atoms with Crippen molar-refractivity contribution in [3.63, 3.8) is 0 Å². The predicted molar refractivity (Wildman–Crippen MR) is 110 cm³/mol. The average Bonchev–Trinajstić information content (AvgIpc) is 3.28. The summed E-state index contributed by atoms with van der Waals surface area (Å²) in [5.41, 5.74) is 4.07. The second-order valence-corrected chi connectivity index (χ2v) is 7.81. The maximum atomic E-state index is 12.0. The molecule has 0 radical (unpaired) electrons. The molecule has 2 unspecified atom stereocenters. The molecule has 1 saturated carbocycles. The highest BCUT2D eigenvalue weighted by Crippen LogP contribution is 2.38. The van der Waals surface area contributed by atoms with E-state index in [-0.39, 0.29) is 24.4 Å². The highest BCUT2D eigenvalue weighted by Gasteiger charge is 2.40. The van der Waals surface area contributed by atoms with E-state index in [0.29, 0.717) is 11.0 Å². The first-order valence-corrected chi connectivity index (χ1v) is 10.1. The Labute approximate surface area is 167 Å². The molecule has 0 saturated heterocycles. The van der Waals surface area contributed by atoms with Crippen molar-refractivity contribution in [1.82, 2.24) is 4.98 Å². The lowest BCUT2D eigenvalue weighted by Gasteiger charge is -2.04. The van der Waals surface area contributed by atoms with E-state index < -0.39 is 0 Å². The highest BCUT2D eigenvalue weighted by molar-refractivity contribution is 7.14. The lowest BCUT2D eigenvalue weighted by Crippen LogP contribution is -2.21. The Bertz CT molecular complexity index is 983. The van der Waals surface area contributed by atoms with Gasteiger partial charge in [0.15, 0.2) is 11.7 Å². The molecule has 5 nitrogen and oxygen atoms in total. The van der Waals surface area contributed by atoms with E-state index >= 15 is 0 Å². The van der Waals surface area contributed by atoms with Gasteiger partial charge in [-0.25, -0.2) is 4.98 Å². The van der Waals surface area contributed by atoms with Gasteiger partial charge in [-0.2, -0.15) is 0 Å². The summed E-state index contributed by atoms with van der Waals surface area (Å²) in [7, 11) is 0. The topological polar surface area (TPSA) is 68.3 Å². The second-order valence-electron chi connectivity index (χ2n) is 6.96. The number of thiazole rings is 1. The van der Waals surface area contributed by atoms with Crippen LogP contribution in [0.2, 0.25) is 0 Å². The molecule has 0 aliphatic heterocycles. The fourth-order valence-corrected chi connectivity index (χ4v) is 3.71. The fraction of sp³-hybridized carbons (Fsp3) is 0.227. The van der Waals surface area contributed by atoms with E-state index in [2.05, 4.69) is 34.6 Å². The van der Waals surface area contributed by atoms with Gasteiger partial charge in [-0.3, -0.25) is 14.9 Å². The number of anilines is 1. The standard InChI is InChI=1S/C22H20N2O3S/c1-14-11-18(14)21(26)27-12-20(25)24-22-23-19(13-28-22)17-9-7-16(8-10-17)15-5-3-2-4-6-15/h2-10,13-14,18H,11-12H2,1H3,(H,23,24,25). The van der Waals surface area contributed by atoms with Crippen LogP contribution in [0.4, 0.5) is 5.13 Å². The van der Waals surface area contributed by atoms with Gasteiger partial charge in [-0.15, -0.1) is 11.3 Å². The smallest absolute Gasteiger partial charge is 0.309 e. The third-order valence-corrected chi connectivity index (χ3v) is 5.55. The van der Waals surface area contributed by atoms with Gasteiger partial charge in [0.2, 0.25) is 0 Å². The maximum Gasteiger partial charge on any atom is 0.309 e. The quantitative estimate of drug-likeness (QED) is 0.622. The average molecular weight is 392 g/mol. The molecule has 1 amide bonds. The maximum absolute atomic E-state index is 12.0. The van der Waals surface area contributed by atoms with E-state index in [9.17, 15) is 9.59 Å². The van der Waals surface area contributed by atoms with Crippen molar-refractivity contribution in [3.05, 3.63) is 60.0 Å². The zero-order valence-corrected chi connectivity index (χ0v) is 16.2. The van der Waals surface area contributed by atoms with Crippen LogP contribution in [0.15, 0.2) is 60.0 Å². The van der Waals surface area contributed by atoms with Crippen LogP contribution < -0.4 is 5.32 Å². The van der Waals surface area contributed by atoms with Gasteiger partial charge < -0.3 is 4.74 Å². The minimum Gasteiger partial charge on any atom is -0.455 e. The van der Waals surface area contributed by atoms with Crippen LogP contribution in [0, 0.1) is 11.8 Å². The van der Waals surface area contributed by atoms with Crippen molar-refractivity contribution >= 4 is 28.3 Å². The van der Waals surface area contributed by atoms with Crippen molar-refractivity contribution in [1.29, 1.82) is 0 Å². The lowest BCUT2D eigenvalue weighted by molar-refractivity contribution is -0.148. The molecular weight excluding hydrogens is 372 g/mol. The predicted octanol–water partition coefficient (Wildman–Crippen LogP) is 4.61. The van der Waals surface area contributed by atoms with Gasteiger partial charge in [0.1, 0.15) is 0 Å². The Morgan fingerprint density at radius 1 is 1.07 bits per heavy atom. The monoisotopic (exact) mass is 392 g/mol. The molecule has 1 fully saturated rings. The molecule has 142 valence electrons. The minimum absolute atomic E-state index is 0.0434. The van der Waals surface area contributed by atoms with E-state index in [1.165, 1.54) is 11.3 Å². The molecule has 1 aliphatic rings. The van der Waals surface area contributed by atoms with Crippen molar-refractivity contribution in [2.24, 2.45) is 11.8 Å². The summed E-state index contributed by atoms with van der Waals surface area (Å²) in [4.78, 5) is 28.1. The molecule has 3 aromatic rings. The van der Waals surface area contributed by atoms with Crippen molar-refractivity contribution in [2.75, 3.05) is 11.9 Å². The number of amides is 1. The number of benzene rings is 2. The van der Waals surface area contributed by atoms with Crippen molar-refractivity contribution in [2.45, 2.75) is 13.3 Å². The number of carbonyl (C=O) groups excluding carboxylic acids is 2. The molecule has 1 heterocycles. The number of ether oxygens (including phenoxy) is 1. The van der Waals surface area contributed by atoms with Crippen LogP contribution in [-0.2, 0) is 14.3 Å². The summed E-state index contributed by atoms with van der Waals surface area (Å²) in [6.07, 6.45) is 0.847. The van der Waals surface area contributed by atoms with Crippen LogP contribution >= 0.6 is 11.3 Å². The van der Waals surface area contributed by atoms with Crippen LogP contribution in [0.3, 0.4) is 0 Å². The zero-order valence-electron chi connectivity index (χ0n) is 15.4. The van der Waals surface area contributed by atoms with E-state index in [1.54, 1.807) is 0 Å². The van der Waals surface area contributed by atoms with Gasteiger partial charge in [-0.1, -0.05) is 61.5 Å². The highest BCUT2D eigenvalue weighted by atomic mass is 32.1. The summed E-state index contributed by atoms with van der Waals surface area (Å²) < 4.78 is 5.04. The van der Waals surface area contributed by atoms with Crippen molar-refractivity contribution in [3.8, 4) is 22.4 Å². The largest absolute Gasteiger partial charge is 0.455 e. The number of nitrogens with one attached hydrogen (secondary N) is 1. The molecule has 6 heteroatoms. The second kappa shape index (κ2) is 7.94. The summed E-state index contributed by atoms with van der Waals surface area (Å²) >= 11 is 1.34. The number of rotatable bonds is 6. The van der Waals surface area contributed by atoms with E-state index in [0.717, 1.165) is 28.8 Å². The number of carbonyl (C=O) groups is 2. The van der Waals surface area contributed by atoms with E-state index in [4.69, 9.17) is 4.74 Å². The first-order valence-electron chi connectivity index (χ1n) is 9.18. The Balaban J connectivity index is 1.35. The summed E-state index contributed by atoms with van der Waals surface area (Å²) in [5, 5.41) is 5.07. The van der Waals surface area contributed by atoms with Crippen LogP contribution in [0.1, 0.15) is 13.3 Å². The summed E-state index contributed by atoms with van der Waals surface area (Å²) in [6.45, 7) is 1.72. The van der Waals surface area contributed by atoms with Crippen molar-refractivity contribution < 1.29 is 14.3 Å². The molecule has 0 spiro atoms. The molecule has 0 bridgehead atoms. The van der Waals surface area contributed by atoms with Crippen LogP contribution in [-0.4, -0.2) is 23.5 Å². The first kappa shape index (κ1) is 18.4. The third-order valence-electron chi connectivity index (χ3n) is 4.80. The molecule has 1 aliphatic carbocycles. The Kier molecular flexibility index (Phi) is 5.21.